The fraction of sp³-hybridized carbons (Fsp3) is 0.265. The van der Waals surface area contributed by atoms with Crippen LogP contribution < -0.4 is 16.0 Å². The van der Waals surface area contributed by atoms with Crippen LogP contribution in [0.3, 0.4) is 0 Å². The molecule has 0 radical (unpaired) electrons. The van der Waals surface area contributed by atoms with E-state index in [0.717, 1.165) is 40.8 Å². The molecule has 0 fully saturated rings. The second kappa shape index (κ2) is 14.2. The molecule has 0 saturated heterocycles. The van der Waals surface area contributed by atoms with Crippen molar-refractivity contribution in [2.45, 2.75) is 52.0 Å². The molecular formula is C34H36N6O5S. The number of amides is 3. The quantitative estimate of drug-likeness (QED) is 0.106. The van der Waals surface area contributed by atoms with Gasteiger partial charge in [-0.1, -0.05) is 68.7 Å². The molecule has 0 aliphatic carbocycles. The number of H-pyrrole nitrogens is 1. The molecule has 0 unspecified atom stereocenters. The van der Waals surface area contributed by atoms with Gasteiger partial charge in [0.1, 0.15) is 4.83 Å². The van der Waals surface area contributed by atoms with Crippen LogP contribution in [-0.4, -0.2) is 45.2 Å². The lowest BCUT2D eigenvalue weighted by molar-refractivity contribution is 0.0915. The molecule has 0 bridgehead atoms. The first kappa shape index (κ1) is 32.2. The van der Waals surface area contributed by atoms with Gasteiger partial charge in [0.05, 0.1) is 39.2 Å². The average molecular weight is 641 g/mol. The summed E-state index contributed by atoms with van der Waals surface area (Å²) in [6.07, 6.45) is 6.20. The molecule has 5 aromatic rings. The topological polar surface area (TPSA) is 147 Å². The van der Waals surface area contributed by atoms with Gasteiger partial charge in [0.2, 0.25) is 0 Å². The van der Waals surface area contributed by atoms with Crippen LogP contribution in [0.4, 0.5) is 16.3 Å². The summed E-state index contributed by atoms with van der Waals surface area (Å²) in [5.74, 6) is -1.22. The number of nitrogens with one attached hydrogen (secondary N) is 4. The number of fused-ring (bicyclic) bond motifs is 1. The average Bonchev–Trinajstić information content (AvgIpc) is 3.80. The second-order valence-electron chi connectivity index (χ2n) is 11.3. The van der Waals surface area contributed by atoms with E-state index >= 15 is 0 Å². The number of anilines is 2. The third-order valence-electron chi connectivity index (χ3n) is 7.41. The van der Waals surface area contributed by atoms with Crippen molar-refractivity contribution in [3.63, 3.8) is 0 Å². The number of benzene rings is 2. The highest BCUT2D eigenvalue weighted by Gasteiger charge is 2.28. The van der Waals surface area contributed by atoms with Crippen LogP contribution in [0.1, 0.15) is 82.4 Å². The molecule has 0 spiro atoms. The van der Waals surface area contributed by atoms with Crippen LogP contribution in [0.5, 0.6) is 0 Å². The predicted molar refractivity (Wildman–Crippen MR) is 179 cm³/mol. The number of carbonyl (C=O) groups is 4. The second-order valence-corrected chi connectivity index (χ2v) is 12.3. The molecule has 3 aromatic heterocycles. The first-order valence-electron chi connectivity index (χ1n) is 15.1. The number of thiophene rings is 1. The molecule has 12 heteroatoms. The summed E-state index contributed by atoms with van der Waals surface area (Å²) in [5, 5.41) is 13.4. The summed E-state index contributed by atoms with van der Waals surface area (Å²) < 4.78 is 6.57. The lowest BCUT2D eigenvalue weighted by Gasteiger charge is -2.26. The number of carbonyl (C=O) groups excluding carboxylic acids is 4. The van der Waals surface area contributed by atoms with Crippen molar-refractivity contribution in [1.29, 1.82) is 0 Å². The molecule has 2 aromatic carbocycles. The minimum atomic E-state index is -0.709. The monoisotopic (exact) mass is 640 g/mol. The minimum Gasteiger partial charge on any atom is -0.448 e. The van der Waals surface area contributed by atoms with Crippen LogP contribution in [0.15, 0.2) is 79.1 Å². The number of aromatic nitrogens is 3. The zero-order chi connectivity index (χ0) is 32.7. The third-order valence-corrected chi connectivity index (χ3v) is 8.52. The Kier molecular flexibility index (Phi) is 9.97. The lowest BCUT2D eigenvalue weighted by Crippen LogP contribution is -2.40. The Morgan fingerprint density at radius 1 is 0.913 bits per heavy atom. The van der Waals surface area contributed by atoms with Gasteiger partial charge in [0.25, 0.3) is 17.7 Å². The summed E-state index contributed by atoms with van der Waals surface area (Å²) in [7, 11) is 0. The Labute approximate surface area is 270 Å². The van der Waals surface area contributed by atoms with Gasteiger partial charge in [-0.3, -0.25) is 14.4 Å². The molecule has 238 valence electrons. The number of para-hydroxylation sites is 1. The van der Waals surface area contributed by atoms with Gasteiger partial charge < -0.3 is 25.7 Å². The van der Waals surface area contributed by atoms with Gasteiger partial charge in [0, 0.05) is 12.4 Å². The summed E-state index contributed by atoms with van der Waals surface area (Å²) in [5.41, 5.74) is 1.14. The van der Waals surface area contributed by atoms with Crippen molar-refractivity contribution in [3.8, 4) is 0 Å². The number of unbranched alkanes of at least 4 members (excludes halogenated alkanes) is 3. The molecule has 0 saturated carbocycles. The molecule has 46 heavy (non-hydrogen) atoms. The molecular weight excluding hydrogens is 604 g/mol. The van der Waals surface area contributed by atoms with E-state index in [0.29, 0.717) is 32.8 Å². The van der Waals surface area contributed by atoms with Gasteiger partial charge in [0.15, 0.2) is 5.82 Å². The van der Waals surface area contributed by atoms with Crippen LogP contribution in [0, 0.1) is 0 Å². The Balaban J connectivity index is 1.43. The van der Waals surface area contributed by atoms with Crippen LogP contribution in [-0.2, 0) is 10.3 Å². The molecule has 0 aliphatic rings. The predicted octanol–water partition coefficient (Wildman–Crippen LogP) is 7.16. The molecule has 0 atom stereocenters. The van der Waals surface area contributed by atoms with Gasteiger partial charge in [-0.2, -0.15) is 4.68 Å². The summed E-state index contributed by atoms with van der Waals surface area (Å²) >= 11 is 1.07. The number of ether oxygens (including phenoxy) is 1. The van der Waals surface area contributed by atoms with Gasteiger partial charge in [-0.05, 0) is 50.1 Å². The van der Waals surface area contributed by atoms with E-state index in [-0.39, 0.29) is 29.8 Å². The third kappa shape index (κ3) is 7.35. The highest BCUT2D eigenvalue weighted by molar-refractivity contribution is 7.20. The Morgan fingerprint density at radius 3 is 2.41 bits per heavy atom. The van der Waals surface area contributed by atoms with Gasteiger partial charge in [-0.15, -0.1) is 16.4 Å². The van der Waals surface area contributed by atoms with Gasteiger partial charge >= 0.3 is 6.09 Å². The number of rotatable bonds is 12. The van der Waals surface area contributed by atoms with Crippen molar-refractivity contribution < 1.29 is 23.9 Å². The van der Waals surface area contributed by atoms with E-state index in [1.165, 1.54) is 0 Å². The van der Waals surface area contributed by atoms with Gasteiger partial charge in [-0.25, -0.2) is 4.79 Å². The molecule has 11 nitrogen and oxygen atoms in total. The van der Waals surface area contributed by atoms with Crippen LogP contribution in [0.25, 0.3) is 10.2 Å². The SMILES string of the molecule is CCCCCCOC(=O)n1nc(NC(=O)c2ccccc2NC(=O)c2cc[nH]c2)c2cc(C(=O)NC(C)(C)c3ccccc3)sc21. The van der Waals surface area contributed by atoms with Crippen molar-refractivity contribution in [1.82, 2.24) is 20.1 Å². The van der Waals surface area contributed by atoms with E-state index < -0.39 is 17.5 Å². The maximum atomic E-state index is 13.6. The lowest BCUT2D eigenvalue weighted by atomic mass is 9.94. The standard InChI is InChI=1S/C34H36N6O5S/c1-4-5-6-12-19-45-33(44)40-32-25(20-27(46-32)31(43)38-34(2,3)23-13-8-7-9-14-23)28(39-40)37-30(42)24-15-10-11-16-26(24)36-29(41)22-17-18-35-21-22/h7-11,13-18,20-21,35H,4-6,12,19H2,1-3H3,(H,36,41)(H,38,43)(H,37,39,42). The number of aromatic amines is 1. The molecule has 3 heterocycles. The smallest absolute Gasteiger partial charge is 0.436 e. The zero-order valence-electron chi connectivity index (χ0n) is 25.9. The Hall–Kier alpha value is -5.23. The summed E-state index contributed by atoms with van der Waals surface area (Å²) in [4.78, 5) is 56.4. The molecule has 3 amide bonds. The van der Waals surface area contributed by atoms with Crippen molar-refractivity contribution in [2.75, 3.05) is 17.2 Å². The molecule has 5 rings (SSSR count). The number of hydrogen-bond acceptors (Lipinski definition) is 7. The van der Waals surface area contributed by atoms with Crippen molar-refractivity contribution in [3.05, 3.63) is 101 Å². The minimum absolute atomic E-state index is 0.0762. The highest BCUT2D eigenvalue weighted by atomic mass is 32.1. The van der Waals surface area contributed by atoms with E-state index in [1.807, 2.05) is 44.2 Å². The molecule has 0 aliphatic heterocycles. The van der Waals surface area contributed by atoms with Crippen molar-refractivity contribution in [2.24, 2.45) is 0 Å². The number of nitrogens with zero attached hydrogens (tertiary/aromatic N) is 2. The van der Waals surface area contributed by atoms with Crippen LogP contribution in [0.2, 0.25) is 0 Å². The molecule has 4 N–H and O–H groups in total. The first-order valence-corrected chi connectivity index (χ1v) is 15.9. The van der Waals surface area contributed by atoms with E-state index in [4.69, 9.17) is 4.74 Å². The number of hydrogen-bond donors (Lipinski definition) is 4. The van der Waals surface area contributed by atoms with Crippen LogP contribution >= 0.6 is 11.3 Å². The fourth-order valence-corrected chi connectivity index (χ4v) is 5.88. The maximum Gasteiger partial charge on any atom is 0.436 e. The summed E-state index contributed by atoms with van der Waals surface area (Å²) in [6.45, 7) is 6.13. The van der Waals surface area contributed by atoms with E-state index in [2.05, 4.69) is 33.0 Å². The summed E-state index contributed by atoms with van der Waals surface area (Å²) in [6, 6.07) is 19.4. The highest BCUT2D eigenvalue weighted by Crippen LogP contribution is 2.33. The van der Waals surface area contributed by atoms with E-state index in [1.54, 1.807) is 48.8 Å². The first-order chi connectivity index (χ1) is 22.2. The maximum absolute atomic E-state index is 13.6. The fourth-order valence-electron chi connectivity index (χ4n) is 4.88. The largest absolute Gasteiger partial charge is 0.448 e. The van der Waals surface area contributed by atoms with E-state index in [9.17, 15) is 19.2 Å². The zero-order valence-corrected chi connectivity index (χ0v) is 26.7. The Morgan fingerprint density at radius 2 is 1.67 bits per heavy atom. The normalized spacial score (nSPS) is 11.3. The Bertz CT molecular complexity index is 1840. The van der Waals surface area contributed by atoms with Crippen molar-refractivity contribution >= 4 is 56.9 Å².